The van der Waals surface area contributed by atoms with Crippen molar-refractivity contribution in [2.24, 2.45) is 5.92 Å². The number of nitrogens with zero attached hydrogens (tertiary/aromatic N) is 2. The quantitative estimate of drug-likeness (QED) is 0.917. The summed E-state index contributed by atoms with van der Waals surface area (Å²) in [6.45, 7) is 2.33. The van der Waals surface area contributed by atoms with Crippen molar-refractivity contribution in [3.05, 3.63) is 35.5 Å². The zero-order chi connectivity index (χ0) is 15.8. The lowest BCUT2D eigenvalue weighted by atomic mass is 9.89. The molecule has 2 saturated heterocycles. The lowest BCUT2D eigenvalue weighted by Crippen LogP contribution is -2.46. The third-order valence-corrected chi connectivity index (χ3v) is 5.38. The predicted octanol–water partition coefficient (Wildman–Crippen LogP) is 3.25. The first kappa shape index (κ1) is 15.2. The Hall–Kier alpha value is -1.36. The normalized spacial score (nSPS) is 28.4. The van der Waals surface area contributed by atoms with Gasteiger partial charge in [-0.3, -0.25) is 4.98 Å². The number of aliphatic hydroxyl groups is 1. The third-order valence-electron chi connectivity index (χ3n) is 5.15. The van der Waals surface area contributed by atoms with Crippen LogP contribution in [0.4, 0.5) is 5.69 Å². The second-order valence-electron chi connectivity index (χ2n) is 6.49. The molecular weight excluding hydrogens is 312 g/mol. The highest BCUT2D eigenvalue weighted by Crippen LogP contribution is 2.37. The van der Waals surface area contributed by atoms with Gasteiger partial charge in [0.1, 0.15) is 0 Å². The summed E-state index contributed by atoms with van der Waals surface area (Å²) < 4.78 is 5.64. The van der Waals surface area contributed by atoms with Gasteiger partial charge >= 0.3 is 0 Å². The number of aliphatic hydroxyl groups excluding tert-OH is 1. The third kappa shape index (κ3) is 2.80. The highest BCUT2D eigenvalue weighted by atomic mass is 35.5. The van der Waals surface area contributed by atoms with E-state index in [2.05, 4.69) is 16.0 Å². The summed E-state index contributed by atoms with van der Waals surface area (Å²) in [7, 11) is 0. The molecular formula is C18H21ClN2O2. The molecule has 122 valence electrons. The highest BCUT2D eigenvalue weighted by Gasteiger charge is 2.38. The molecule has 4 nitrogen and oxygen atoms in total. The first-order chi connectivity index (χ1) is 11.2. The van der Waals surface area contributed by atoms with Crippen molar-refractivity contribution < 1.29 is 9.84 Å². The number of hydrogen-bond donors (Lipinski definition) is 1. The van der Waals surface area contributed by atoms with Crippen LogP contribution in [0.25, 0.3) is 10.9 Å². The maximum absolute atomic E-state index is 10.4. The summed E-state index contributed by atoms with van der Waals surface area (Å²) in [5.41, 5.74) is 2.10. The number of pyridine rings is 1. The van der Waals surface area contributed by atoms with Crippen LogP contribution >= 0.6 is 11.6 Å². The van der Waals surface area contributed by atoms with Crippen LogP contribution in [0, 0.1) is 5.92 Å². The molecule has 2 aliphatic rings. The van der Waals surface area contributed by atoms with Gasteiger partial charge in [-0.25, -0.2) is 0 Å². The molecule has 1 aromatic carbocycles. The Morgan fingerprint density at radius 2 is 2.17 bits per heavy atom. The smallest absolute Gasteiger partial charge is 0.0737 e. The van der Waals surface area contributed by atoms with E-state index in [9.17, 15) is 5.11 Å². The van der Waals surface area contributed by atoms with Crippen molar-refractivity contribution >= 4 is 28.2 Å². The minimum atomic E-state index is -0.267. The standard InChI is InChI=1S/C18H21ClN2O2/c19-12-3-4-13-15(10-12)20-7-5-17(13)21-8-1-2-16(21)14-11-23-9-6-18(14)22/h3-5,7,10,14,16,18,22H,1-2,6,8-9,11H2/t14-,16+,18+/m0/s1. The van der Waals surface area contributed by atoms with Crippen molar-refractivity contribution in [1.29, 1.82) is 0 Å². The van der Waals surface area contributed by atoms with E-state index in [4.69, 9.17) is 16.3 Å². The maximum atomic E-state index is 10.4. The second-order valence-corrected chi connectivity index (χ2v) is 6.93. The summed E-state index contributed by atoms with van der Waals surface area (Å²) in [4.78, 5) is 6.87. The minimum Gasteiger partial charge on any atom is -0.393 e. The van der Waals surface area contributed by atoms with Crippen LogP contribution in [0.2, 0.25) is 5.02 Å². The maximum Gasteiger partial charge on any atom is 0.0737 e. The number of halogens is 1. The first-order valence-corrected chi connectivity index (χ1v) is 8.68. The molecule has 1 aromatic heterocycles. The molecule has 4 rings (SSSR count). The van der Waals surface area contributed by atoms with Crippen LogP contribution in [0.15, 0.2) is 30.5 Å². The summed E-state index contributed by atoms with van der Waals surface area (Å²) in [5, 5.41) is 12.2. The summed E-state index contributed by atoms with van der Waals surface area (Å²) in [6, 6.07) is 8.27. The fraction of sp³-hybridized carbons (Fsp3) is 0.500. The van der Waals surface area contributed by atoms with Gasteiger partial charge in [0.15, 0.2) is 0 Å². The Bertz CT molecular complexity index is 708. The minimum absolute atomic E-state index is 0.182. The van der Waals surface area contributed by atoms with E-state index < -0.39 is 0 Å². The van der Waals surface area contributed by atoms with E-state index in [0.717, 1.165) is 36.7 Å². The molecule has 1 N–H and O–H groups in total. The summed E-state index contributed by atoms with van der Waals surface area (Å²) in [5.74, 6) is 0.182. The van der Waals surface area contributed by atoms with Gasteiger partial charge in [0.05, 0.1) is 18.2 Å². The fourth-order valence-electron chi connectivity index (χ4n) is 4.01. The molecule has 2 fully saturated rings. The van der Waals surface area contributed by atoms with Crippen LogP contribution in [0.3, 0.4) is 0 Å². The Kier molecular flexibility index (Phi) is 4.14. The van der Waals surface area contributed by atoms with Crippen molar-refractivity contribution in [1.82, 2.24) is 4.98 Å². The molecule has 0 spiro atoms. The van der Waals surface area contributed by atoms with E-state index >= 15 is 0 Å². The number of ether oxygens (including phenoxy) is 1. The van der Waals surface area contributed by atoms with E-state index in [-0.39, 0.29) is 12.0 Å². The highest BCUT2D eigenvalue weighted by molar-refractivity contribution is 6.31. The van der Waals surface area contributed by atoms with Gasteiger partial charge in [-0.05, 0) is 43.5 Å². The van der Waals surface area contributed by atoms with Gasteiger partial charge in [0.25, 0.3) is 0 Å². The molecule has 0 amide bonds. The molecule has 3 atom stereocenters. The van der Waals surface area contributed by atoms with Crippen LogP contribution in [0.5, 0.6) is 0 Å². The van der Waals surface area contributed by atoms with Gasteiger partial charge < -0.3 is 14.7 Å². The largest absolute Gasteiger partial charge is 0.393 e. The zero-order valence-corrected chi connectivity index (χ0v) is 13.7. The molecule has 2 aliphatic heterocycles. The topological polar surface area (TPSA) is 45.6 Å². The Morgan fingerprint density at radius 3 is 3.04 bits per heavy atom. The van der Waals surface area contributed by atoms with Crippen molar-refractivity contribution in [2.45, 2.75) is 31.4 Å². The lowest BCUT2D eigenvalue weighted by Gasteiger charge is -2.38. The Labute approximate surface area is 141 Å². The number of hydrogen-bond acceptors (Lipinski definition) is 4. The van der Waals surface area contributed by atoms with Gasteiger partial charge in [-0.1, -0.05) is 11.6 Å². The van der Waals surface area contributed by atoms with Crippen LogP contribution in [0.1, 0.15) is 19.3 Å². The summed E-state index contributed by atoms with van der Waals surface area (Å²) >= 11 is 6.10. The second kappa shape index (κ2) is 6.27. The Morgan fingerprint density at radius 1 is 1.26 bits per heavy atom. The first-order valence-electron chi connectivity index (χ1n) is 8.31. The predicted molar refractivity (Wildman–Crippen MR) is 92.1 cm³/mol. The SMILES string of the molecule is O[C@@H]1CCOC[C@H]1[C@H]1CCCN1c1ccnc2cc(Cl)ccc12. The lowest BCUT2D eigenvalue weighted by molar-refractivity contribution is -0.0437. The molecule has 0 bridgehead atoms. The molecule has 2 aromatic rings. The van der Waals surface area contributed by atoms with Gasteiger partial charge in [-0.15, -0.1) is 0 Å². The summed E-state index contributed by atoms with van der Waals surface area (Å²) in [6.07, 6.45) is 4.56. The van der Waals surface area contributed by atoms with Crippen molar-refractivity contribution in [3.63, 3.8) is 0 Å². The number of benzene rings is 1. The average Bonchev–Trinajstić information content (AvgIpc) is 3.03. The number of aromatic nitrogens is 1. The van der Waals surface area contributed by atoms with Crippen molar-refractivity contribution in [2.75, 3.05) is 24.7 Å². The fourth-order valence-corrected chi connectivity index (χ4v) is 4.18. The molecule has 23 heavy (non-hydrogen) atoms. The molecule has 0 unspecified atom stereocenters. The number of anilines is 1. The van der Waals surface area contributed by atoms with Crippen LogP contribution in [-0.4, -0.2) is 42.0 Å². The van der Waals surface area contributed by atoms with E-state index in [0.29, 0.717) is 24.3 Å². The van der Waals surface area contributed by atoms with E-state index in [1.165, 1.54) is 5.69 Å². The molecule has 0 aliphatic carbocycles. The van der Waals surface area contributed by atoms with E-state index in [1.54, 1.807) is 0 Å². The Balaban J connectivity index is 1.71. The average molecular weight is 333 g/mol. The van der Waals surface area contributed by atoms with Gasteiger partial charge in [-0.2, -0.15) is 0 Å². The monoisotopic (exact) mass is 332 g/mol. The molecule has 0 radical (unpaired) electrons. The molecule has 5 heteroatoms. The van der Waals surface area contributed by atoms with Gasteiger partial charge in [0, 0.05) is 47.4 Å². The van der Waals surface area contributed by atoms with Crippen molar-refractivity contribution in [3.8, 4) is 0 Å². The number of rotatable bonds is 2. The molecule has 0 saturated carbocycles. The number of fused-ring (bicyclic) bond motifs is 1. The molecule has 3 heterocycles. The van der Waals surface area contributed by atoms with Gasteiger partial charge in [0.2, 0.25) is 0 Å². The van der Waals surface area contributed by atoms with Crippen LogP contribution < -0.4 is 4.90 Å². The zero-order valence-electron chi connectivity index (χ0n) is 13.0. The van der Waals surface area contributed by atoms with E-state index in [1.807, 2.05) is 24.4 Å². The van der Waals surface area contributed by atoms with Crippen LogP contribution in [-0.2, 0) is 4.74 Å².